The monoisotopic (exact) mass is 686 g/mol. The van der Waals surface area contributed by atoms with Crippen LogP contribution in [0.25, 0.3) is 12.2 Å². The van der Waals surface area contributed by atoms with Crippen molar-refractivity contribution in [2.75, 3.05) is 40.6 Å². The molecule has 9 heteroatoms. The van der Waals surface area contributed by atoms with Crippen molar-refractivity contribution >= 4 is 22.0 Å². The van der Waals surface area contributed by atoms with Crippen molar-refractivity contribution < 1.29 is 36.8 Å². The van der Waals surface area contributed by atoms with Gasteiger partial charge in [-0.2, -0.15) is 0 Å². The van der Waals surface area contributed by atoms with E-state index in [4.69, 9.17) is 28.4 Å². The van der Waals surface area contributed by atoms with Gasteiger partial charge in [0.15, 0.2) is 9.84 Å². The Hall–Kier alpha value is -4.89. The molecule has 0 aliphatic rings. The van der Waals surface area contributed by atoms with Crippen molar-refractivity contribution in [2.24, 2.45) is 0 Å². The van der Waals surface area contributed by atoms with Gasteiger partial charge in [-0.25, -0.2) is 8.42 Å². The molecule has 0 N–H and O–H groups in total. The molecule has 0 fully saturated rings. The molecule has 4 rings (SSSR count). The van der Waals surface area contributed by atoms with Gasteiger partial charge in [0.1, 0.15) is 45.0 Å². The Morgan fingerprint density at radius 3 is 1.08 bits per heavy atom. The lowest BCUT2D eigenvalue weighted by molar-refractivity contribution is 0.321. The number of methoxy groups -OCH3 is 2. The Kier molecular flexibility index (Phi) is 13.6. The van der Waals surface area contributed by atoms with Gasteiger partial charge in [0, 0.05) is 0 Å². The maximum atomic E-state index is 15.1. The molecule has 0 spiro atoms. The van der Waals surface area contributed by atoms with Gasteiger partial charge in [-0.05, 0) is 99.5 Å². The van der Waals surface area contributed by atoms with E-state index in [9.17, 15) is 0 Å². The van der Waals surface area contributed by atoms with E-state index >= 15 is 8.42 Å². The van der Waals surface area contributed by atoms with E-state index in [-0.39, 0.29) is 0 Å². The quantitative estimate of drug-likeness (QED) is 0.103. The summed E-state index contributed by atoms with van der Waals surface area (Å²) in [6, 6.07) is 25.2. The van der Waals surface area contributed by atoms with Gasteiger partial charge in [-0.15, -0.1) is 0 Å². The first-order valence-electron chi connectivity index (χ1n) is 16.4. The third-order valence-corrected chi connectivity index (χ3v) is 10.00. The highest BCUT2D eigenvalue weighted by molar-refractivity contribution is 7.92. The van der Waals surface area contributed by atoms with Crippen molar-refractivity contribution in [1.82, 2.24) is 0 Å². The van der Waals surface area contributed by atoms with E-state index in [0.717, 1.165) is 0 Å². The van der Waals surface area contributed by atoms with E-state index in [2.05, 4.69) is 0 Å². The van der Waals surface area contributed by atoms with E-state index in [0.29, 0.717) is 83.2 Å². The minimum atomic E-state index is -4.07. The van der Waals surface area contributed by atoms with Crippen LogP contribution in [-0.4, -0.2) is 49.1 Å². The van der Waals surface area contributed by atoms with Gasteiger partial charge in [0.05, 0.1) is 51.8 Å². The van der Waals surface area contributed by atoms with Crippen LogP contribution in [0.5, 0.6) is 34.5 Å². The first kappa shape index (κ1) is 36.9. The fraction of sp³-hybridized carbons (Fsp3) is 0.300. The molecule has 260 valence electrons. The second-order valence-electron chi connectivity index (χ2n) is 10.8. The molecule has 0 aliphatic heterocycles. The number of sulfone groups is 1. The molecular formula is C40H46O8S. The first-order valence-corrected chi connectivity index (χ1v) is 18.1. The summed E-state index contributed by atoms with van der Waals surface area (Å²) in [5.74, 6) is 3.62. The molecule has 0 amide bonds. The molecule has 0 bridgehead atoms. The lowest BCUT2D eigenvalue weighted by Crippen LogP contribution is -2.19. The first-order chi connectivity index (χ1) is 23.8. The van der Waals surface area contributed by atoms with E-state index in [1.807, 2.05) is 64.1 Å². The van der Waals surface area contributed by atoms with Crippen LogP contribution in [0, 0.1) is 0 Å². The van der Waals surface area contributed by atoms with Gasteiger partial charge in [-0.3, -0.25) is 0 Å². The predicted molar refractivity (Wildman–Crippen MR) is 196 cm³/mol. The van der Waals surface area contributed by atoms with Crippen molar-refractivity contribution in [3.63, 3.8) is 0 Å². The Morgan fingerprint density at radius 1 is 0.510 bits per heavy atom. The SMILES string of the molecule is CCOc1cccc(OCC)c1/C=C/C(c1ccc(OC)cc1)S(=O)(=O)C(/C=C/c1c(OCC)cccc1OCC)c1ccc(OC)cc1. The number of hydrogen-bond acceptors (Lipinski definition) is 8. The lowest BCUT2D eigenvalue weighted by Gasteiger charge is -2.22. The number of benzene rings is 4. The highest BCUT2D eigenvalue weighted by atomic mass is 32.2. The second-order valence-corrected chi connectivity index (χ2v) is 13.0. The van der Waals surface area contributed by atoms with Gasteiger partial charge in [0.2, 0.25) is 0 Å². The highest BCUT2D eigenvalue weighted by Gasteiger charge is 2.34. The van der Waals surface area contributed by atoms with Crippen LogP contribution >= 0.6 is 0 Å². The molecule has 4 aromatic carbocycles. The molecule has 0 aliphatic carbocycles. The standard InChI is InChI=1S/C40H46O8S/c1-7-45-35-13-11-14-36(46-8-2)33(35)25-27-39(29-17-21-31(43-5)22-18-29)49(41,42)40(30-19-23-32(44-6)24-20-30)28-26-34-37(47-9-3)15-12-16-38(34)48-10-4/h11-28,39-40H,7-10H2,1-6H3/b27-25+,28-26+. The summed E-state index contributed by atoms with van der Waals surface area (Å²) in [6.07, 6.45) is 6.94. The molecule has 0 heterocycles. The molecule has 0 saturated heterocycles. The third-order valence-electron chi connectivity index (χ3n) is 7.72. The van der Waals surface area contributed by atoms with Crippen molar-refractivity contribution in [3.8, 4) is 34.5 Å². The molecule has 49 heavy (non-hydrogen) atoms. The summed E-state index contributed by atoms with van der Waals surface area (Å²) < 4.78 is 64.7. The molecule has 4 aromatic rings. The minimum Gasteiger partial charge on any atom is -0.497 e. The van der Waals surface area contributed by atoms with E-state index < -0.39 is 20.3 Å². The van der Waals surface area contributed by atoms with Crippen LogP contribution in [0.4, 0.5) is 0 Å². The van der Waals surface area contributed by atoms with Crippen molar-refractivity contribution in [1.29, 1.82) is 0 Å². The van der Waals surface area contributed by atoms with E-state index in [1.165, 1.54) is 0 Å². The molecular weight excluding hydrogens is 640 g/mol. The van der Waals surface area contributed by atoms with Crippen LogP contribution < -0.4 is 28.4 Å². The Bertz CT molecular complexity index is 1620. The number of hydrogen-bond donors (Lipinski definition) is 0. The summed E-state index contributed by atoms with van der Waals surface area (Å²) in [6.45, 7) is 9.36. The fourth-order valence-electron chi connectivity index (χ4n) is 5.43. The zero-order chi connectivity index (χ0) is 35.2. The number of rotatable bonds is 18. The minimum absolute atomic E-state index is 0.438. The van der Waals surface area contributed by atoms with Crippen LogP contribution in [-0.2, 0) is 9.84 Å². The summed E-state index contributed by atoms with van der Waals surface area (Å²) in [5.41, 5.74) is 2.45. The average molecular weight is 687 g/mol. The summed E-state index contributed by atoms with van der Waals surface area (Å²) in [5, 5.41) is -2.15. The zero-order valence-corrected chi connectivity index (χ0v) is 29.9. The largest absolute Gasteiger partial charge is 0.497 e. The average Bonchev–Trinajstić information content (AvgIpc) is 3.11. The Labute approximate surface area is 290 Å². The van der Waals surface area contributed by atoms with Crippen LogP contribution in [0.3, 0.4) is 0 Å². The molecule has 2 atom stereocenters. The predicted octanol–water partition coefficient (Wildman–Crippen LogP) is 8.92. The molecule has 8 nitrogen and oxygen atoms in total. The second kappa shape index (κ2) is 18.0. The van der Waals surface area contributed by atoms with Gasteiger partial charge >= 0.3 is 0 Å². The molecule has 0 saturated carbocycles. The van der Waals surface area contributed by atoms with Crippen LogP contribution in [0.2, 0.25) is 0 Å². The maximum Gasteiger partial charge on any atom is 0.171 e. The summed E-state index contributed by atoms with van der Waals surface area (Å²) in [7, 11) is -0.921. The van der Waals surface area contributed by atoms with Gasteiger partial charge < -0.3 is 28.4 Å². The molecule has 2 unspecified atom stereocenters. The lowest BCUT2D eigenvalue weighted by atomic mass is 10.1. The van der Waals surface area contributed by atoms with Crippen molar-refractivity contribution in [3.05, 3.63) is 119 Å². The van der Waals surface area contributed by atoms with Gasteiger partial charge in [-0.1, -0.05) is 48.6 Å². The Morgan fingerprint density at radius 2 is 0.816 bits per heavy atom. The summed E-state index contributed by atoms with van der Waals surface area (Å²) in [4.78, 5) is 0. The summed E-state index contributed by atoms with van der Waals surface area (Å²) >= 11 is 0. The zero-order valence-electron chi connectivity index (χ0n) is 29.0. The van der Waals surface area contributed by atoms with Crippen molar-refractivity contribution in [2.45, 2.75) is 38.2 Å². The highest BCUT2D eigenvalue weighted by Crippen LogP contribution is 2.41. The van der Waals surface area contributed by atoms with Gasteiger partial charge in [0.25, 0.3) is 0 Å². The fourth-order valence-corrected chi connectivity index (χ4v) is 7.42. The Balaban J connectivity index is 1.94. The normalized spacial score (nSPS) is 12.9. The van der Waals surface area contributed by atoms with Crippen LogP contribution in [0.15, 0.2) is 97.1 Å². The van der Waals surface area contributed by atoms with Crippen LogP contribution in [0.1, 0.15) is 60.4 Å². The topological polar surface area (TPSA) is 89.5 Å². The molecule has 0 aromatic heterocycles. The third kappa shape index (κ3) is 9.18. The van der Waals surface area contributed by atoms with E-state index in [1.54, 1.807) is 87.1 Å². The molecule has 0 radical (unpaired) electrons. The number of ether oxygens (including phenoxy) is 6. The maximum absolute atomic E-state index is 15.1. The smallest absolute Gasteiger partial charge is 0.171 e.